The third-order valence-corrected chi connectivity index (χ3v) is 4.09. The van der Waals surface area contributed by atoms with Crippen LogP contribution >= 0.6 is 23.4 Å². The molecule has 0 radical (unpaired) electrons. The second-order valence-electron chi connectivity index (χ2n) is 3.86. The normalized spacial score (nSPS) is 14.0. The van der Waals surface area contributed by atoms with Crippen molar-refractivity contribution in [3.8, 4) is 6.07 Å². The van der Waals surface area contributed by atoms with Crippen LogP contribution in [0.2, 0.25) is 5.02 Å². The average molecular weight is 270 g/mol. The summed E-state index contributed by atoms with van der Waals surface area (Å²) in [5, 5.41) is 10.4. The zero-order valence-corrected chi connectivity index (χ0v) is 11.4. The predicted molar refractivity (Wildman–Crippen MR) is 72.0 cm³/mol. The molecule has 0 aromatic carbocycles. The average Bonchev–Trinajstić information content (AvgIpc) is 2.36. The van der Waals surface area contributed by atoms with Crippen LogP contribution in [0.25, 0.3) is 0 Å². The summed E-state index contributed by atoms with van der Waals surface area (Å²) >= 11 is 7.59. The fraction of sp³-hybridized carbons (Fsp3) is 0.500. The maximum Gasteiger partial charge on any atom is 0.115 e. The lowest BCUT2D eigenvalue weighted by Crippen LogP contribution is -2.37. The Labute approximate surface area is 111 Å². The largest absolute Gasteiger partial charge is 0.313 e. The molecule has 1 unspecified atom stereocenters. The third kappa shape index (κ3) is 4.55. The minimum Gasteiger partial charge on any atom is -0.313 e. The van der Waals surface area contributed by atoms with E-state index in [9.17, 15) is 0 Å². The van der Waals surface area contributed by atoms with Gasteiger partial charge in [-0.2, -0.15) is 5.26 Å². The second kappa shape index (κ2) is 6.85. The molecule has 5 heteroatoms. The molecule has 0 bridgehead atoms. The van der Waals surface area contributed by atoms with Crippen LogP contribution in [0.15, 0.2) is 23.4 Å². The molecular weight excluding hydrogens is 254 g/mol. The monoisotopic (exact) mass is 269 g/mol. The first-order valence-electron chi connectivity index (χ1n) is 5.55. The van der Waals surface area contributed by atoms with Crippen molar-refractivity contribution in [1.82, 2.24) is 4.98 Å². The maximum atomic E-state index is 8.93. The van der Waals surface area contributed by atoms with Crippen molar-refractivity contribution >= 4 is 23.4 Å². The summed E-state index contributed by atoms with van der Waals surface area (Å²) in [7, 11) is 0. The molecule has 0 aliphatic heterocycles. The Kier molecular flexibility index (Phi) is 5.76. The van der Waals surface area contributed by atoms with Crippen molar-refractivity contribution in [3.05, 3.63) is 23.4 Å². The highest BCUT2D eigenvalue weighted by Crippen LogP contribution is 2.25. The van der Waals surface area contributed by atoms with Gasteiger partial charge in [-0.05, 0) is 37.1 Å². The molecule has 1 heterocycles. The molecule has 1 atom stereocenters. The molecule has 0 aliphatic carbocycles. The zero-order valence-electron chi connectivity index (χ0n) is 9.82. The second-order valence-corrected chi connectivity index (χ2v) is 5.35. The van der Waals surface area contributed by atoms with Crippen LogP contribution in [0, 0.1) is 11.3 Å². The lowest BCUT2D eigenvalue weighted by Gasteiger charge is -2.18. The number of aromatic nitrogens is 1. The molecule has 1 aromatic heterocycles. The van der Waals surface area contributed by atoms with Gasteiger partial charge in [-0.15, -0.1) is 11.8 Å². The SMILES string of the molecule is CCC(N)(C#N)CCCSc1ncccc1Cl. The fourth-order valence-corrected chi connectivity index (χ4v) is 2.45. The van der Waals surface area contributed by atoms with Crippen molar-refractivity contribution < 1.29 is 0 Å². The summed E-state index contributed by atoms with van der Waals surface area (Å²) in [5.74, 6) is 0.872. The standard InChI is InChI=1S/C12H16ClN3S/c1-2-12(15,9-14)6-4-8-17-11-10(13)5-3-7-16-11/h3,5,7H,2,4,6,8,15H2,1H3. The number of thioether (sulfide) groups is 1. The zero-order chi connectivity index (χ0) is 12.7. The van der Waals surface area contributed by atoms with Gasteiger partial charge in [0.1, 0.15) is 10.6 Å². The summed E-state index contributed by atoms with van der Waals surface area (Å²) in [6.07, 6.45) is 3.99. The van der Waals surface area contributed by atoms with Crippen molar-refractivity contribution in [1.29, 1.82) is 5.26 Å². The molecule has 92 valence electrons. The minimum absolute atomic E-state index is 0.673. The molecule has 3 nitrogen and oxygen atoms in total. The number of hydrogen-bond donors (Lipinski definition) is 1. The molecule has 0 aliphatic rings. The van der Waals surface area contributed by atoms with Gasteiger partial charge in [-0.25, -0.2) is 4.98 Å². The maximum absolute atomic E-state index is 8.93. The Hall–Kier alpha value is -0.760. The number of pyridine rings is 1. The van der Waals surface area contributed by atoms with Gasteiger partial charge in [-0.1, -0.05) is 18.5 Å². The highest BCUT2D eigenvalue weighted by molar-refractivity contribution is 7.99. The minimum atomic E-state index is -0.686. The van der Waals surface area contributed by atoms with E-state index in [0.29, 0.717) is 17.9 Å². The van der Waals surface area contributed by atoms with Crippen molar-refractivity contribution in [2.75, 3.05) is 5.75 Å². The van der Waals surface area contributed by atoms with Crippen LogP contribution in [0.4, 0.5) is 0 Å². The number of nitrogens with two attached hydrogens (primary N) is 1. The van der Waals surface area contributed by atoms with Crippen LogP contribution in [-0.2, 0) is 0 Å². The molecule has 2 N–H and O–H groups in total. The van der Waals surface area contributed by atoms with Gasteiger partial charge in [0.2, 0.25) is 0 Å². The third-order valence-electron chi connectivity index (χ3n) is 2.58. The van der Waals surface area contributed by atoms with Crippen LogP contribution in [-0.4, -0.2) is 16.3 Å². The number of nitrogens with zero attached hydrogens (tertiary/aromatic N) is 2. The van der Waals surface area contributed by atoms with Crippen molar-refractivity contribution in [3.63, 3.8) is 0 Å². The Balaban J connectivity index is 2.35. The topological polar surface area (TPSA) is 62.7 Å². The summed E-state index contributed by atoms with van der Waals surface area (Å²) in [5.41, 5.74) is 5.21. The van der Waals surface area contributed by atoms with Gasteiger partial charge in [0.15, 0.2) is 0 Å². The fourth-order valence-electron chi connectivity index (χ4n) is 1.35. The predicted octanol–water partition coefficient (Wildman–Crippen LogP) is 3.24. The summed E-state index contributed by atoms with van der Waals surface area (Å²) in [6, 6.07) is 5.80. The van der Waals surface area contributed by atoms with Gasteiger partial charge in [0.25, 0.3) is 0 Å². The smallest absolute Gasteiger partial charge is 0.115 e. The molecular formula is C12H16ClN3S. The van der Waals surface area contributed by atoms with Crippen LogP contribution in [0.1, 0.15) is 26.2 Å². The molecule has 17 heavy (non-hydrogen) atoms. The number of halogens is 1. The Morgan fingerprint density at radius 3 is 3.00 bits per heavy atom. The van der Waals surface area contributed by atoms with Crippen molar-refractivity contribution in [2.45, 2.75) is 36.8 Å². The van der Waals surface area contributed by atoms with E-state index < -0.39 is 5.54 Å². The molecule has 0 saturated heterocycles. The molecule has 0 saturated carbocycles. The Morgan fingerprint density at radius 1 is 1.65 bits per heavy atom. The van der Waals surface area contributed by atoms with Crippen LogP contribution in [0.5, 0.6) is 0 Å². The van der Waals surface area contributed by atoms with E-state index in [4.69, 9.17) is 22.6 Å². The Morgan fingerprint density at radius 2 is 2.41 bits per heavy atom. The Bertz CT molecular complexity index is 405. The lowest BCUT2D eigenvalue weighted by molar-refractivity contribution is 0.478. The number of rotatable bonds is 6. The van der Waals surface area contributed by atoms with E-state index in [0.717, 1.165) is 17.2 Å². The van der Waals surface area contributed by atoms with Crippen LogP contribution < -0.4 is 5.73 Å². The van der Waals surface area contributed by atoms with Crippen molar-refractivity contribution in [2.24, 2.45) is 5.73 Å². The number of hydrogen-bond acceptors (Lipinski definition) is 4. The van der Waals surface area contributed by atoms with Gasteiger partial charge < -0.3 is 5.73 Å². The van der Waals surface area contributed by atoms with E-state index in [1.165, 1.54) is 0 Å². The van der Waals surface area contributed by atoms with Gasteiger partial charge in [-0.3, -0.25) is 0 Å². The summed E-state index contributed by atoms with van der Waals surface area (Å²) < 4.78 is 0. The summed E-state index contributed by atoms with van der Waals surface area (Å²) in [4.78, 5) is 4.19. The van der Waals surface area contributed by atoms with E-state index in [1.807, 2.05) is 19.1 Å². The molecule has 1 aromatic rings. The van der Waals surface area contributed by atoms with E-state index in [2.05, 4.69) is 11.1 Å². The first kappa shape index (κ1) is 14.3. The molecule has 0 fully saturated rings. The van der Waals surface area contributed by atoms with E-state index >= 15 is 0 Å². The van der Waals surface area contributed by atoms with Gasteiger partial charge in [0.05, 0.1) is 11.1 Å². The summed E-state index contributed by atoms with van der Waals surface area (Å²) in [6.45, 7) is 1.94. The quantitative estimate of drug-likeness (QED) is 0.636. The molecule has 0 amide bonds. The van der Waals surface area contributed by atoms with Crippen LogP contribution in [0.3, 0.4) is 0 Å². The van der Waals surface area contributed by atoms with E-state index in [1.54, 1.807) is 18.0 Å². The highest BCUT2D eigenvalue weighted by atomic mass is 35.5. The lowest BCUT2D eigenvalue weighted by atomic mass is 9.94. The van der Waals surface area contributed by atoms with E-state index in [-0.39, 0.29) is 0 Å². The highest BCUT2D eigenvalue weighted by Gasteiger charge is 2.20. The van der Waals surface area contributed by atoms with Gasteiger partial charge >= 0.3 is 0 Å². The number of nitriles is 1. The first-order chi connectivity index (χ1) is 8.11. The molecule has 0 spiro atoms. The first-order valence-corrected chi connectivity index (χ1v) is 6.91. The van der Waals surface area contributed by atoms with Gasteiger partial charge in [0, 0.05) is 6.20 Å². The molecule has 1 rings (SSSR count).